The summed E-state index contributed by atoms with van der Waals surface area (Å²) in [5, 5.41) is 12.6. The van der Waals surface area contributed by atoms with Crippen LogP contribution < -0.4 is 10.1 Å². The Morgan fingerprint density at radius 2 is 1.75 bits per heavy atom. The molecule has 0 aromatic heterocycles. The van der Waals surface area contributed by atoms with E-state index in [-0.39, 0.29) is 17.7 Å². The van der Waals surface area contributed by atoms with E-state index in [0.717, 1.165) is 19.3 Å². The van der Waals surface area contributed by atoms with Crippen LogP contribution in [0.5, 0.6) is 5.75 Å². The Bertz CT molecular complexity index is 1030. The molecule has 1 aliphatic carbocycles. The van der Waals surface area contributed by atoms with Crippen molar-refractivity contribution in [3.05, 3.63) is 65.2 Å². The monoisotopic (exact) mass is 431 g/mol. The van der Waals surface area contributed by atoms with Gasteiger partial charge >= 0.3 is 0 Å². The van der Waals surface area contributed by atoms with E-state index in [9.17, 15) is 14.9 Å². The van der Waals surface area contributed by atoms with Crippen LogP contribution in [0.1, 0.15) is 48.4 Å². The molecule has 1 heterocycles. The Morgan fingerprint density at radius 1 is 1.06 bits per heavy atom. The van der Waals surface area contributed by atoms with E-state index in [1.54, 1.807) is 19.2 Å². The number of methoxy groups -OCH3 is 1. The molecule has 0 bridgehead atoms. The lowest BCUT2D eigenvalue weighted by molar-refractivity contribution is -0.144. The second-order valence-electron chi connectivity index (χ2n) is 8.59. The number of hydrogen-bond acceptors (Lipinski definition) is 4. The standard InChI is InChI=1S/C26H29N3O3/c1-32-24-13-7-6-12-22(24)23(16-27)28-25(30)20-10-4-5-11-21(20)26(31)29-15-14-18-8-2-3-9-19(18)17-29/h2-3,6-9,12-13,20-21,23H,4-5,10-11,14-15,17H2,1H3,(H,28,30). The quantitative estimate of drug-likeness (QED) is 0.781. The Morgan fingerprint density at radius 3 is 2.50 bits per heavy atom. The fourth-order valence-electron chi connectivity index (χ4n) is 4.99. The van der Waals surface area contributed by atoms with Gasteiger partial charge in [-0.05, 0) is 36.5 Å². The van der Waals surface area contributed by atoms with Crippen molar-refractivity contribution in [2.75, 3.05) is 13.7 Å². The van der Waals surface area contributed by atoms with Crippen molar-refractivity contribution in [2.45, 2.75) is 44.7 Å². The Hall–Kier alpha value is -3.33. The van der Waals surface area contributed by atoms with Crippen LogP contribution in [-0.2, 0) is 22.6 Å². The molecule has 1 N–H and O–H groups in total. The molecule has 6 nitrogen and oxygen atoms in total. The molecule has 3 atom stereocenters. The summed E-state index contributed by atoms with van der Waals surface area (Å²) in [5.74, 6) is -0.365. The molecule has 3 unspecified atom stereocenters. The van der Waals surface area contributed by atoms with Crippen LogP contribution in [0.4, 0.5) is 0 Å². The molecule has 2 aliphatic rings. The van der Waals surface area contributed by atoms with Gasteiger partial charge in [0.25, 0.3) is 0 Å². The zero-order valence-corrected chi connectivity index (χ0v) is 18.4. The molecule has 32 heavy (non-hydrogen) atoms. The number of fused-ring (bicyclic) bond motifs is 1. The molecule has 2 amide bonds. The summed E-state index contributed by atoms with van der Waals surface area (Å²) in [7, 11) is 1.54. The fraction of sp³-hybridized carbons (Fsp3) is 0.423. The van der Waals surface area contributed by atoms with E-state index in [0.29, 0.717) is 37.2 Å². The first-order valence-corrected chi connectivity index (χ1v) is 11.3. The van der Waals surface area contributed by atoms with Crippen LogP contribution in [0.25, 0.3) is 0 Å². The topological polar surface area (TPSA) is 82.4 Å². The molecular formula is C26H29N3O3. The lowest BCUT2D eigenvalue weighted by Crippen LogP contribution is -2.47. The number of amides is 2. The second kappa shape index (κ2) is 9.86. The summed E-state index contributed by atoms with van der Waals surface area (Å²) in [6.45, 7) is 1.28. The average Bonchev–Trinajstić information content (AvgIpc) is 2.86. The molecule has 6 heteroatoms. The van der Waals surface area contributed by atoms with Gasteiger partial charge in [0.05, 0.1) is 13.2 Å². The number of nitrogens with one attached hydrogen (secondary N) is 1. The van der Waals surface area contributed by atoms with E-state index in [2.05, 4.69) is 23.5 Å². The number of carbonyl (C=O) groups excluding carboxylic acids is 2. The maximum atomic E-state index is 13.5. The minimum atomic E-state index is -0.821. The van der Waals surface area contributed by atoms with Gasteiger partial charge in [-0.2, -0.15) is 5.26 Å². The highest BCUT2D eigenvalue weighted by atomic mass is 16.5. The largest absolute Gasteiger partial charge is 0.496 e. The van der Waals surface area contributed by atoms with Gasteiger partial charge in [0, 0.05) is 30.5 Å². The molecule has 166 valence electrons. The molecule has 1 fully saturated rings. The summed E-state index contributed by atoms with van der Waals surface area (Å²) in [4.78, 5) is 28.6. The van der Waals surface area contributed by atoms with Crippen LogP contribution >= 0.6 is 0 Å². The number of para-hydroxylation sites is 1. The second-order valence-corrected chi connectivity index (χ2v) is 8.59. The zero-order chi connectivity index (χ0) is 22.5. The van der Waals surface area contributed by atoms with Gasteiger partial charge in [0.15, 0.2) is 0 Å². The van der Waals surface area contributed by atoms with Crippen LogP contribution in [0.2, 0.25) is 0 Å². The van der Waals surface area contributed by atoms with Gasteiger partial charge in [0.1, 0.15) is 11.8 Å². The molecule has 2 aromatic rings. The van der Waals surface area contributed by atoms with Crippen molar-refractivity contribution in [2.24, 2.45) is 11.8 Å². The number of nitrogens with zero attached hydrogens (tertiary/aromatic N) is 2. The molecule has 0 saturated heterocycles. The predicted molar refractivity (Wildman–Crippen MR) is 121 cm³/mol. The molecule has 2 aromatic carbocycles. The molecule has 0 radical (unpaired) electrons. The first-order valence-electron chi connectivity index (χ1n) is 11.3. The van der Waals surface area contributed by atoms with E-state index in [1.165, 1.54) is 11.1 Å². The van der Waals surface area contributed by atoms with E-state index >= 15 is 0 Å². The summed E-state index contributed by atoms with van der Waals surface area (Å²) in [6, 6.07) is 16.8. The van der Waals surface area contributed by atoms with Gasteiger partial charge in [-0.1, -0.05) is 55.3 Å². The van der Waals surface area contributed by atoms with Crippen molar-refractivity contribution < 1.29 is 14.3 Å². The zero-order valence-electron chi connectivity index (χ0n) is 18.4. The van der Waals surface area contributed by atoms with Gasteiger partial charge in [0.2, 0.25) is 11.8 Å². The summed E-state index contributed by atoms with van der Waals surface area (Å²) in [5.41, 5.74) is 3.10. The smallest absolute Gasteiger partial charge is 0.226 e. The van der Waals surface area contributed by atoms with Crippen LogP contribution in [0.3, 0.4) is 0 Å². The van der Waals surface area contributed by atoms with Gasteiger partial charge in [-0.15, -0.1) is 0 Å². The fourth-order valence-corrected chi connectivity index (χ4v) is 4.99. The lowest BCUT2D eigenvalue weighted by atomic mass is 9.77. The van der Waals surface area contributed by atoms with Crippen molar-refractivity contribution in [1.29, 1.82) is 5.26 Å². The number of ether oxygens (including phenoxy) is 1. The lowest BCUT2D eigenvalue weighted by Gasteiger charge is -2.36. The van der Waals surface area contributed by atoms with Crippen LogP contribution in [0.15, 0.2) is 48.5 Å². The minimum Gasteiger partial charge on any atom is -0.496 e. The highest BCUT2D eigenvalue weighted by Gasteiger charge is 2.39. The van der Waals surface area contributed by atoms with Gasteiger partial charge in [-0.25, -0.2) is 0 Å². The van der Waals surface area contributed by atoms with E-state index < -0.39 is 12.0 Å². The normalized spacial score (nSPS) is 21.1. The molecule has 1 saturated carbocycles. The minimum absolute atomic E-state index is 0.0603. The number of carbonyl (C=O) groups is 2. The first kappa shape index (κ1) is 21.9. The average molecular weight is 432 g/mol. The Kier molecular flexibility index (Phi) is 6.75. The number of nitriles is 1. The third-order valence-corrected chi connectivity index (χ3v) is 6.73. The van der Waals surface area contributed by atoms with E-state index in [4.69, 9.17) is 4.74 Å². The van der Waals surface area contributed by atoms with Gasteiger partial charge in [-0.3, -0.25) is 9.59 Å². The molecule has 4 rings (SSSR count). The maximum absolute atomic E-state index is 13.5. The van der Waals surface area contributed by atoms with E-state index in [1.807, 2.05) is 29.2 Å². The number of hydrogen-bond donors (Lipinski definition) is 1. The first-order chi connectivity index (χ1) is 15.6. The summed E-state index contributed by atoms with van der Waals surface area (Å²) >= 11 is 0. The summed E-state index contributed by atoms with van der Waals surface area (Å²) < 4.78 is 5.36. The van der Waals surface area contributed by atoms with Crippen LogP contribution in [-0.4, -0.2) is 30.4 Å². The Labute approximate surface area is 189 Å². The summed E-state index contributed by atoms with van der Waals surface area (Å²) in [6.07, 6.45) is 4.07. The van der Waals surface area contributed by atoms with Gasteiger partial charge < -0.3 is 15.0 Å². The Balaban J connectivity index is 1.49. The highest BCUT2D eigenvalue weighted by molar-refractivity contribution is 5.88. The van der Waals surface area contributed by atoms with Crippen molar-refractivity contribution in [1.82, 2.24) is 10.2 Å². The third-order valence-electron chi connectivity index (χ3n) is 6.73. The van der Waals surface area contributed by atoms with Crippen molar-refractivity contribution in [3.63, 3.8) is 0 Å². The molecule has 1 aliphatic heterocycles. The SMILES string of the molecule is COc1ccccc1C(C#N)NC(=O)C1CCCCC1C(=O)N1CCc2ccccc2C1. The van der Waals surface area contributed by atoms with Crippen LogP contribution in [0, 0.1) is 23.2 Å². The molecule has 0 spiro atoms. The third kappa shape index (κ3) is 4.47. The van der Waals surface area contributed by atoms with Crippen molar-refractivity contribution >= 4 is 11.8 Å². The number of rotatable bonds is 5. The predicted octanol–water partition coefficient (Wildman–Crippen LogP) is 3.77. The number of benzene rings is 2. The highest BCUT2D eigenvalue weighted by Crippen LogP contribution is 2.34. The van der Waals surface area contributed by atoms with Crippen molar-refractivity contribution in [3.8, 4) is 11.8 Å². The maximum Gasteiger partial charge on any atom is 0.226 e. The molecular weight excluding hydrogens is 402 g/mol.